The third-order valence-electron chi connectivity index (χ3n) is 6.92. The van der Waals surface area contributed by atoms with Gasteiger partial charge in [-0.3, -0.25) is 19.6 Å². The Morgan fingerprint density at radius 1 is 1.14 bits per heavy atom. The van der Waals surface area contributed by atoms with Crippen LogP contribution in [0.4, 0.5) is 0 Å². The van der Waals surface area contributed by atoms with Crippen LogP contribution >= 0.6 is 0 Å². The minimum absolute atomic E-state index is 0.137. The first kappa shape index (κ1) is 19.8. The zero-order chi connectivity index (χ0) is 19.5. The molecule has 1 atom stereocenters. The van der Waals surface area contributed by atoms with E-state index in [-0.39, 0.29) is 5.91 Å². The van der Waals surface area contributed by atoms with Gasteiger partial charge in [0.25, 0.3) is 5.91 Å². The van der Waals surface area contributed by atoms with E-state index in [4.69, 9.17) is 0 Å². The second kappa shape index (κ2) is 8.91. The molecule has 0 aromatic carbocycles. The number of piperidine rings is 1. The molecule has 2 aliphatic heterocycles. The van der Waals surface area contributed by atoms with Gasteiger partial charge in [-0.2, -0.15) is 0 Å². The molecule has 0 unspecified atom stereocenters. The average molecular weight is 385 g/mol. The van der Waals surface area contributed by atoms with E-state index in [1.807, 2.05) is 17.0 Å². The predicted molar refractivity (Wildman–Crippen MR) is 112 cm³/mol. The van der Waals surface area contributed by atoms with Crippen molar-refractivity contribution < 1.29 is 4.79 Å². The maximum absolute atomic E-state index is 12.7. The van der Waals surface area contributed by atoms with Gasteiger partial charge in [0.15, 0.2) is 0 Å². The number of hydrogen-bond donors (Lipinski definition) is 0. The first-order chi connectivity index (χ1) is 13.6. The molecule has 2 saturated heterocycles. The topological polar surface area (TPSA) is 39.7 Å². The molecule has 1 saturated carbocycles. The molecule has 1 amide bonds. The van der Waals surface area contributed by atoms with Gasteiger partial charge in [0.1, 0.15) is 0 Å². The zero-order valence-corrected chi connectivity index (χ0v) is 17.6. The molecule has 5 nitrogen and oxygen atoms in total. The van der Waals surface area contributed by atoms with Crippen LogP contribution in [0.15, 0.2) is 24.5 Å². The van der Waals surface area contributed by atoms with Crippen LogP contribution in [0.1, 0.15) is 56.3 Å². The Labute approximate surface area is 170 Å². The second-order valence-corrected chi connectivity index (χ2v) is 9.36. The van der Waals surface area contributed by atoms with E-state index in [0.29, 0.717) is 23.6 Å². The highest BCUT2D eigenvalue weighted by atomic mass is 16.2. The zero-order valence-electron chi connectivity index (χ0n) is 17.6. The average Bonchev–Trinajstić information content (AvgIpc) is 3.55. The summed E-state index contributed by atoms with van der Waals surface area (Å²) in [6.45, 7) is 11.5. The quantitative estimate of drug-likeness (QED) is 0.782. The van der Waals surface area contributed by atoms with Crippen molar-refractivity contribution >= 4 is 5.91 Å². The number of carbonyl (C=O) groups excluding carboxylic acids is 1. The summed E-state index contributed by atoms with van der Waals surface area (Å²) in [6, 6.07) is 5.02. The Morgan fingerprint density at radius 2 is 1.93 bits per heavy atom. The number of rotatable bonds is 5. The number of nitrogens with zero attached hydrogens (tertiary/aromatic N) is 4. The van der Waals surface area contributed by atoms with Crippen LogP contribution in [-0.2, 0) is 0 Å². The van der Waals surface area contributed by atoms with Crippen molar-refractivity contribution in [2.75, 3.05) is 39.3 Å². The molecule has 3 fully saturated rings. The molecule has 4 rings (SSSR count). The maximum Gasteiger partial charge on any atom is 0.255 e. The molecule has 3 aliphatic rings. The van der Waals surface area contributed by atoms with E-state index in [0.717, 1.165) is 31.8 Å². The Balaban J connectivity index is 1.34. The highest BCUT2D eigenvalue weighted by Gasteiger charge is 2.35. The van der Waals surface area contributed by atoms with E-state index in [1.165, 1.54) is 45.4 Å². The van der Waals surface area contributed by atoms with Gasteiger partial charge in [-0.15, -0.1) is 0 Å². The molecule has 28 heavy (non-hydrogen) atoms. The van der Waals surface area contributed by atoms with Crippen molar-refractivity contribution in [3.63, 3.8) is 0 Å². The molecule has 0 radical (unpaired) electrons. The summed E-state index contributed by atoms with van der Waals surface area (Å²) in [5, 5.41) is 0. The number of pyridine rings is 1. The smallest absolute Gasteiger partial charge is 0.255 e. The summed E-state index contributed by atoms with van der Waals surface area (Å²) in [7, 11) is 0. The lowest BCUT2D eigenvalue weighted by Gasteiger charge is -2.41. The fourth-order valence-electron chi connectivity index (χ4n) is 5.02. The lowest BCUT2D eigenvalue weighted by Crippen LogP contribution is -2.51. The van der Waals surface area contributed by atoms with E-state index in [9.17, 15) is 4.79 Å². The number of likely N-dealkylation sites (tertiary alicyclic amines) is 1. The maximum atomic E-state index is 12.7. The largest absolute Gasteiger partial charge is 0.338 e. The lowest BCUT2D eigenvalue weighted by molar-refractivity contribution is 0.0574. The highest BCUT2D eigenvalue weighted by Crippen LogP contribution is 2.32. The van der Waals surface area contributed by atoms with Gasteiger partial charge in [0.2, 0.25) is 0 Å². The summed E-state index contributed by atoms with van der Waals surface area (Å²) in [5.74, 6) is 1.80. The van der Waals surface area contributed by atoms with Crippen LogP contribution < -0.4 is 0 Å². The summed E-state index contributed by atoms with van der Waals surface area (Å²) < 4.78 is 0. The standard InChI is InChI=1S/C23H36N4O/c1-18(2)22-17-26(11-4-12-27(22)16-19-6-7-19)21-8-13-25(14-9-21)23(28)20-5-3-10-24-15-20/h3,5,10,15,18-19,21-22H,4,6-9,11-14,16-17H2,1-2H3/t22-/m1/s1. The molecule has 1 aromatic rings. The van der Waals surface area contributed by atoms with Crippen molar-refractivity contribution in [1.82, 2.24) is 19.7 Å². The van der Waals surface area contributed by atoms with Gasteiger partial charge in [-0.25, -0.2) is 0 Å². The van der Waals surface area contributed by atoms with Gasteiger partial charge < -0.3 is 4.90 Å². The molecule has 1 aromatic heterocycles. The van der Waals surface area contributed by atoms with Crippen LogP contribution in [0.25, 0.3) is 0 Å². The lowest BCUT2D eigenvalue weighted by atomic mass is 9.98. The summed E-state index contributed by atoms with van der Waals surface area (Å²) >= 11 is 0. The van der Waals surface area contributed by atoms with Gasteiger partial charge in [0.05, 0.1) is 5.56 Å². The third-order valence-corrected chi connectivity index (χ3v) is 6.92. The van der Waals surface area contributed by atoms with Gasteiger partial charge in [-0.05, 0) is 69.2 Å². The number of carbonyl (C=O) groups is 1. The summed E-state index contributed by atoms with van der Waals surface area (Å²) in [5.41, 5.74) is 0.714. The second-order valence-electron chi connectivity index (χ2n) is 9.36. The van der Waals surface area contributed by atoms with Crippen molar-refractivity contribution in [3.05, 3.63) is 30.1 Å². The van der Waals surface area contributed by atoms with Crippen LogP contribution in [0.3, 0.4) is 0 Å². The minimum atomic E-state index is 0.137. The molecule has 154 valence electrons. The molecule has 1 aliphatic carbocycles. The first-order valence-electron chi connectivity index (χ1n) is 11.3. The van der Waals surface area contributed by atoms with Crippen LogP contribution in [-0.4, -0.2) is 76.9 Å². The first-order valence-corrected chi connectivity index (χ1v) is 11.3. The summed E-state index contributed by atoms with van der Waals surface area (Å²) in [4.78, 5) is 24.4. The van der Waals surface area contributed by atoms with E-state index >= 15 is 0 Å². The SMILES string of the molecule is CC(C)[C@H]1CN(C2CCN(C(=O)c3cccnc3)CC2)CCCN1CC1CC1. The number of amides is 1. The summed E-state index contributed by atoms with van der Waals surface area (Å²) in [6.07, 6.45) is 9.76. The van der Waals surface area contributed by atoms with E-state index in [1.54, 1.807) is 12.4 Å². The Bertz CT molecular complexity index is 637. The highest BCUT2D eigenvalue weighted by molar-refractivity contribution is 5.93. The van der Waals surface area contributed by atoms with Crippen molar-refractivity contribution in [3.8, 4) is 0 Å². The minimum Gasteiger partial charge on any atom is -0.338 e. The van der Waals surface area contributed by atoms with E-state index in [2.05, 4.69) is 28.6 Å². The molecule has 3 heterocycles. The van der Waals surface area contributed by atoms with Crippen LogP contribution in [0.2, 0.25) is 0 Å². The number of hydrogen-bond acceptors (Lipinski definition) is 4. The van der Waals surface area contributed by atoms with Crippen molar-refractivity contribution in [1.29, 1.82) is 0 Å². The molecular weight excluding hydrogens is 348 g/mol. The van der Waals surface area contributed by atoms with E-state index < -0.39 is 0 Å². The molecule has 0 bridgehead atoms. The monoisotopic (exact) mass is 384 g/mol. The molecular formula is C23H36N4O. The van der Waals surface area contributed by atoms with Gasteiger partial charge in [-0.1, -0.05) is 13.8 Å². The Morgan fingerprint density at radius 3 is 2.57 bits per heavy atom. The van der Waals surface area contributed by atoms with Crippen LogP contribution in [0.5, 0.6) is 0 Å². The van der Waals surface area contributed by atoms with Crippen molar-refractivity contribution in [2.45, 2.75) is 58.0 Å². The third kappa shape index (κ3) is 4.74. The molecule has 5 heteroatoms. The predicted octanol–water partition coefficient (Wildman–Crippen LogP) is 3.13. The van der Waals surface area contributed by atoms with Gasteiger partial charge in [0, 0.05) is 50.7 Å². The number of aromatic nitrogens is 1. The fourth-order valence-corrected chi connectivity index (χ4v) is 5.02. The molecule has 0 spiro atoms. The van der Waals surface area contributed by atoms with Gasteiger partial charge >= 0.3 is 0 Å². The fraction of sp³-hybridized carbons (Fsp3) is 0.739. The molecule has 0 N–H and O–H groups in total. The normalized spacial score (nSPS) is 25.8. The Kier molecular flexibility index (Phi) is 6.32. The van der Waals surface area contributed by atoms with Crippen molar-refractivity contribution in [2.24, 2.45) is 11.8 Å². The Hall–Kier alpha value is -1.46. The van der Waals surface area contributed by atoms with Crippen LogP contribution in [0, 0.1) is 11.8 Å².